The van der Waals surface area contributed by atoms with Gasteiger partial charge in [0, 0.05) is 17.9 Å². The molecule has 0 bridgehead atoms. The lowest BCUT2D eigenvalue weighted by Gasteiger charge is -2.06. The Labute approximate surface area is 135 Å². The second-order valence-electron chi connectivity index (χ2n) is 6.31. The third-order valence-electron chi connectivity index (χ3n) is 4.53. The van der Waals surface area contributed by atoms with Crippen LogP contribution in [-0.2, 0) is 0 Å². The minimum Gasteiger partial charge on any atom is -0.494 e. The molecule has 23 heavy (non-hydrogen) atoms. The molecule has 5 heteroatoms. The van der Waals surface area contributed by atoms with Gasteiger partial charge in [0.1, 0.15) is 17.6 Å². The number of carbonyl (C=O) groups excluding carboxylic acids is 1. The standard InChI is InChI=1S/C18H20N2O3/c1-2-22-13-7-5-11(6-8-13)14-9-16(14)19-18(21)15-10-23-20-17(15)12-3-4-12/h5-8,10,12,14,16H,2-4,9H2,1H3,(H,19,21)/t14-,16+/m0/s1. The van der Waals surface area contributed by atoms with Crippen LogP contribution in [0.3, 0.4) is 0 Å². The van der Waals surface area contributed by atoms with E-state index >= 15 is 0 Å². The molecule has 2 fully saturated rings. The van der Waals surface area contributed by atoms with E-state index in [1.165, 1.54) is 11.8 Å². The van der Waals surface area contributed by atoms with Gasteiger partial charge in [-0.1, -0.05) is 17.3 Å². The summed E-state index contributed by atoms with van der Waals surface area (Å²) in [4.78, 5) is 12.4. The van der Waals surface area contributed by atoms with Gasteiger partial charge in [0.05, 0.1) is 12.3 Å². The van der Waals surface area contributed by atoms with Gasteiger partial charge in [-0.05, 0) is 43.9 Å². The molecule has 2 aliphatic rings. The number of ether oxygens (including phenoxy) is 1. The molecule has 1 aromatic heterocycles. The second-order valence-corrected chi connectivity index (χ2v) is 6.31. The molecule has 0 unspecified atom stereocenters. The summed E-state index contributed by atoms with van der Waals surface area (Å²) >= 11 is 0. The van der Waals surface area contributed by atoms with Gasteiger partial charge < -0.3 is 14.6 Å². The SMILES string of the molecule is CCOc1ccc([C@@H]2C[C@H]2NC(=O)c2conc2C2CC2)cc1. The highest BCUT2D eigenvalue weighted by atomic mass is 16.5. The Balaban J connectivity index is 1.37. The van der Waals surface area contributed by atoms with Gasteiger partial charge in [0.15, 0.2) is 0 Å². The van der Waals surface area contributed by atoms with Crippen molar-refractivity contribution < 1.29 is 14.1 Å². The molecule has 0 radical (unpaired) electrons. The minimum absolute atomic E-state index is 0.0633. The lowest BCUT2D eigenvalue weighted by molar-refractivity contribution is 0.0949. The third-order valence-corrected chi connectivity index (χ3v) is 4.53. The van der Waals surface area contributed by atoms with E-state index in [1.807, 2.05) is 19.1 Å². The lowest BCUT2D eigenvalue weighted by Crippen LogP contribution is -2.27. The maximum absolute atomic E-state index is 12.4. The number of hydrogen-bond acceptors (Lipinski definition) is 4. The molecule has 0 spiro atoms. The molecule has 2 aromatic rings. The van der Waals surface area contributed by atoms with E-state index in [4.69, 9.17) is 9.26 Å². The van der Waals surface area contributed by atoms with E-state index in [2.05, 4.69) is 22.6 Å². The van der Waals surface area contributed by atoms with E-state index in [-0.39, 0.29) is 11.9 Å². The van der Waals surface area contributed by atoms with Crippen molar-refractivity contribution in [3.63, 3.8) is 0 Å². The topological polar surface area (TPSA) is 64.4 Å². The summed E-state index contributed by atoms with van der Waals surface area (Å²) in [5.74, 6) is 1.62. The fourth-order valence-electron chi connectivity index (χ4n) is 3.01. The first-order chi connectivity index (χ1) is 11.3. The van der Waals surface area contributed by atoms with Crippen molar-refractivity contribution in [2.75, 3.05) is 6.61 Å². The zero-order valence-corrected chi connectivity index (χ0v) is 13.1. The zero-order chi connectivity index (χ0) is 15.8. The Morgan fingerprint density at radius 3 is 2.83 bits per heavy atom. The molecule has 2 saturated carbocycles. The molecule has 2 aliphatic carbocycles. The zero-order valence-electron chi connectivity index (χ0n) is 13.1. The summed E-state index contributed by atoms with van der Waals surface area (Å²) in [6, 6.07) is 8.33. The highest BCUT2D eigenvalue weighted by Crippen LogP contribution is 2.43. The van der Waals surface area contributed by atoms with Crippen LogP contribution < -0.4 is 10.1 Å². The van der Waals surface area contributed by atoms with Crippen molar-refractivity contribution in [3.05, 3.63) is 47.3 Å². The second kappa shape index (κ2) is 5.72. The van der Waals surface area contributed by atoms with E-state index < -0.39 is 0 Å². The van der Waals surface area contributed by atoms with Gasteiger partial charge in [-0.25, -0.2) is 0 Å². The number of benzene rings is 1. The smallest absolute Gasteiger partial charge is 0.256 e. The minimum atomic E-state index is -0.0633. The third kappa shape index (κ3) is 2.96. The van der Waals surface area contributed by atoms with Crippen LogP contribution in [0.1, 0.15) is 59.6 Å². The number of nitrogens with zero attached hydrogens (tertiary/aromatic N) is 1. The Kier molecular flexibility index (Phi) is 3.56. The van der Waals surface area contributed by atoms with E-state index in [0.29, 0.717) is 24.0 Å². The molecule has 0 aliphatic heterocycles. The van der Waals surface area contributed by atoms with Crippen LogP contribution in [0.4, 0.5) is 0 Å². The largest absolute Gasteiger partial charge is 0.494 e. The number of carbonyl (C=O) groups is 1. The average molecular weight is 312 g/mol. The summed E-state index contributed by atoms with van der Waals surface area (Å²) < 4.78 is 10.4. The Bertz CT molecular complexity index is 703. The molecule has 1 heterocycles. The van der Waals surface area contributed by atoms with Crippen LogP contribution in [0.15, 0.2) is 35.1 Å². The van der Waals surface area contributed by atoms with E-state index in [0.717, 1.165) is 30.7 Å². The molecule has 2 atom stereocenters. The molecule has 5 nitrogen and oxygen atoms in total. The van der Waals surface area contributed by atoms with Crippen LogP contribution in [0.2, 0.25) is 0 Å². The summed E-state index contributed by atoms with van der Waals surface area (Å²) in [6.07, 6.45) is 4.65. The van der Waals surface area contributed by atoms with E-state index in [1.54, 1.807) is 0 Å². The molecule has 1 amide bonds. The molecule has 120 valence electrons. The monoisotopic (exact) mass is 312 g/mol. The maximum Gasteiger partial charge on any atom is 0.256 e. The van der Waals surface area contributed by atoms with Crippen molar-refractivity contribution in [2.24, 2.45) is 0 Å². The summed E-state index contributed by atoms with van der Waals surface area (Å²) in [5, 5.41) is 7.08. The summed E-state index contributed by atoms with van der Waals surface area (Å²) in [7, 11) is 0. The fraction of sp³-hybridized carbons (Fsp3) is 0.444. The predicted octanol–water partition coefficient (Wildman–Crippen LogP) is 3.24. The van der Waals surface area contributed by atoms with Crippen LogP contribution >= 0.6 is 0 Å². The Morgan fingerprint density at radius 1 is 1.35 bits per heavy atom. The molecule has 1 aromatic carbocycles. The van der Waals surface area contributed by atoms with Crippen molar-refractivity contribution in [2.45, 2.75) is 44.1 Å². The van der Waals surface area contributed by atoms with E-state index in [9.17, 15) is 4.79 Å². The van der Waals surface area contributed by atoms with Gasteiger partial charge in [0.2, 0.25) is 0 Å². The van der Waals surface area contributed by atoms with Crippen LogP contribution in [0.5, 0.6) is 5.75 Å². The van der Waals surface area contributed by atoms with Gasteiger partial charge in [-0.3, -0.25) is 4.79 Å². The van der Waals surface area contributed by atoms with Crippen molar-refractivity contribution >= 4 is 5.91 Å². The maximum atomic E-state index is 12.4. The highest BCUT2D eigenvalue weighted by molar-refractivity contribution is 5.95. The molecule has 0 saturated heterocycles. The normalized spacial score (nSPS) is 22.7. The number of hydrogen-bond donors (Lipinski definition) is 1. The van der Waals surface area contributed by atoms with Crippen molar-refractivity contribution in [1.82, 2.24) is 10.5 Å². The quantitative estimate of drug-likeness (QED) is 0.889. The molecular formula is C18H20N2O3. The average Bonchev–Trinajstić information content (AvgIpc) is 3.48. The Hall–Kier alpha value is -2.30. The first-order valence-corrected chi connectivity index (χ1v) is 8.24. The fourth-order valence-corrected chi connectivity index (χ4v) is 3.01. The number of aromatic nitrogens is 1. The molecule has 4 rings (SSSR count). The van der Waals surface area contributed by atoms with Gasteiger partial charge in [-0.15, -0.1) is 0 Å². The van der Waals surface area contributed by atoms with Crippen molar-refractivity contribution in [3.8, 4) is 5.75 Å². The van der Waals surface area contributed by atoms with Gasteiger partial charge in [-0.2, -0.15) is 0 Å². The first kappa shape index (κ1) is 14.3. The summed E-state index contributed by atoms with van der Waals surface area (Å²) in [6.45, 7) is 2.64. The number of rotatable bonds is 6. The number of amides is 1. The Morgan fingerprint density at radius 2 is 2.13 bits per heavy atom. The van der Waals surface area contributed by atoms with Crippen LogP contribution in [-0.4, -0.2) is 23.7 Å². The highest BCUT2D eigenvalue weighted by Gasteiger charge is 2.41. The number of nitrogens with one attached hydrogen (secondary N) is 1. The molecular weight excluding hydrogens is 292 g/mol. The van der Waals surface area contributed by atoms with Gasteiger partial charge >= 0.3 is 0 Å². The molecule has 1 N–H and O–H groups in total. The predicted molar refractivity (Wildman–Crippen MR) is 84.7 cm³/mol. The first-order valence-electron chi connectivity index (χ1n) is 8.24. The summed E-state index contributed by atoms with van der Waals surface area (Å²) in [5.41, 5.74) is 2.66. The van der Waals surface area contributed by atoms with Crippen LogP contribution in [0, 0.1) is 0 Å². The van der Waals surface area contributed by atoms with Crippen molar-refractivity contribution in [1.29, 1.82) is 0 Å². The lowest BCUT2D eigenvalue weighted by atomic mass is 10.1. The van der Waals surface area contributed by atoms with Crippen LogP contribution in [0.25, 0.3) is 0 Å². The van der Waals surface area contributed by atoms with Gasteiger partial charge in [0.25, 0.3) is 5.91 Å².